The third-order valence-electron chi connectivity index (χ3n) is 4.03. The molecule has 128 valence electrons. The quantitative estimate of drug-likeness (QED) is 0.831. The first kappa shape index (κ1) is 16.9. The largest absolute Gasteiger partial charge is 0.497 e. The summed E-state index contributed by atoms with van der Waals surface area (Å²) < 4.78 is 10.8. The normalized spacial score (nSPS) is 17.0. The van der Waals surface area contributed by atoms with Crippen LogP contribution in [-0.4, -0.2) is 30.7 Å². The summed E-state index contributed by atoms with van der Waals surface area (Å²) in [6, 6.07) is 7.97. The lowest BCUT2D eigenvalue weighted by Crippen LogP contribution is -2.15. The Labute approximate surface area is 146 Å². The third kappa shape index (κ3) is 4.79. The molecule has 1 saturated heterocycles. The van der Waals surface area contributed by atoms with Crippen molar-refractivity contribution in [2.24, 2.45) is 0 Å². The van der Waals surface area contributed by atoms with Crippen molar-refractivity contribution >= 4 is 22.4 Å². The van der Waals surface area contributed by atoms with Gasteiger partial charge in [-0.25, -0.2) is 4.98 Å². The van der Waals surface area contributed by atoms with E-state index in [2.05, 4.69) is 16.4 Å². The van der Waals surface area contributed by atoms with Crippen LogP contribution in [0.3, 0.4) is 0 Å². The summed E-state index contributed by atoms with van der Waals surface area (Å²) in [5, 5.41) is 3.54. The van der Waals surface area contributed by atoms with Gasteiger partial charge in [-0.1, -0.05) is 12.1 Å². The van der Waals surface area contributed by atoms with E-state index in [9.17, 15) is 4.79 Å². The first-order chi connectivity index (χ1) is 11.7. The molecule has 1 aliphatic rings. The lowest BCUT2D eigenvalue weighted by Gasteiger charge is -2.08. The molecule has 2 heterocycles. The van der Waals surface area contributed by atoms with E-state index >= 15 is 0 Å². The third-order valence-corrected chi connectivity index (χ3v) is 4.94. The number of ether oxygens (including phenoxy) is 2. The molecule has 1 aliphatic heterocycles. The lowest BCUT2D eigenvalue weighted by molar-refractivity contribution is -0.116. The Hall–Kier alpha value is -1.92. The first-order valence-corrected chi connectivity index (χ1v) is 9.03. The van der Waals surface area contributed by atoms with Gasteiger partial charge in [0, 0.05) is 30.5 Å². The highest BCUT2D eigenvalue weighted by atomic mass is 32.1. The van der Waals surface area contributed by atoms with E-state index in [0.717, 1.165) is 48.5 Å². The molecular formula is C18H22N2O3S. The number of benzene rings is 1. The Morgan fingerprint density at radius 3 is 3.21 bits per heavy atom. The van der Waals surface area contributed by atoms with Crippen molar-refractivity contribution < 1.29 is 14.3 Å². The zero-order valence-electron chi connectivity index (χ0n) is 13.8. The van der Waals surface area contributed by atoms with Crippen LogP contribution >= 0.6 is 11.3 Å². The van der Waals surface area contributed by atoms with E-state index < -0.39 is 0 Å². The van der Waals surface area contributed by atoms with Crippen molar-refractivity contribution in [3.8, 4) is 5.75 Å². The van der Waals surface area contributed by atoms with Gasteiger partial charge in [-0.3, -0.25) is 4.79 Å². The van der Waals surface area contributed by atoms with Gasteiger partial charge >= 0.3 is 0 Å². The number of aromatic nitrogens is 1. The predicted molar refractivity (Wildman–Crippen MR) is 94.8 cm³/mol. The number of thiazole rings is 1. The predicted octanol–water partition coefficient (Wildman–Crippen LogP) is 3.64. The second-order valence-corrected chi connectivity index (χ2v) is 7.00. The van der Waals surface area contributed by atoms with E-state index in [4.69, 9.17) is 9.47 Å². The van der Waals surface area contributed by atoms with Crippen LogP contribution in [0.1, 0.15) is 36.1 Å². The fourth-order valence-electron chi connectivity index (χ4n) is 2.78. The molecule has 2 aromatic rings. The van der Waals surface area contributed by atoms with Gasteiger partial charge in [-0.15, -0.1) is 11.3 Å². The summed E-state index contributed by atoms with van der Waals surface area (Å²) in [5.41, 5.74) is 1.16. The maximum absolute atomic E-state index is 12.0. The van der Waals surface area contributed by atoms with Crippen molar-refractivity contribution in [1.29, 1.82) is 0 Å². The van der Waals surface area contributed by atoms with Crippen molar-refractivity contribution in [1.82, 2.24) is 4.98 Å². The summed E-state index contributed by atoms with van der Waals surface area (Å²) in [7, 11) is 1.66. The molecule has 1 fully saturated rings. The highest BCUT2D eigenvalue weighted by Gasteiger charge is 2.17. The summed E-state index contributed by atoms with van der Waals surface area (Å²) in [6.45, 7) is 0.826. The van der Waals surface area contributed by atoms with Gasteiger partial charge in [-0.05, 0) is 37.0 Å². The Morgan fingerprint density at radius 2 is 2.42 bits per heavy atom. The number of hydrogen-bond acceptors (Lipinski definition) is 5. The van der Waals surface area contributed by atoms with Gasteiger partial charge in [0.2, 0.25) is 5.91 Å². The van der Waals surface area contributed by atoms with Gasteiger partial charge < -0.3 is 14.8 Å². The summed E-state index contributed by atoms with van der Waals surface area (Å²) >= 11 is 1.51. The highest BCUT2D eigenvalue weighted by Crippen LogP contribution is 2.23. The van der Waals surface area contributed by atoms with Gasteiger partial charge in [0.1, 0.15) is 5.75 Å². The number of hydrogen-bond donors (Lipinski definition) is 1. The minimum Gasteiger partial charge on any atom is -0.497 e. The molecule has 1 N–H and O–H groups in total. The van der Waals surface area contributed by atoms with E-state index in [1.165, 1.54) is 11.3 Å². The Bertz CT molecular complexity index is 680. The molecule has 0 radical (unpaired) electrons. The zero-order chi connectivity index (χ0) is 16.8. The van der Waals surface area contributed by atoms with Crippen LogP contribution in [0.25, 0.3) is 0 Å². The molecule has 5 nitrogen and oxygen atoms in total. The van der Waals surface area contributed by atoms with Gasteiger partial charge in [0.25, 0.3) is 0 Å². The van der Waals surface area contributed by atoms with Crippen molar-refractivity contribution in [2.75, 3.05) is 19.0 Å². The van der Waals surface area contributed by atoms with Gasteiger partial charge in [-0.2, -0.15) is 0 Å². The van der Waals surface area contributed by atoms with Gasteiger partial charge in [0.15, 0.2) is 5.13 Å². The van der Waals surface area contributed by atoms with Crippen LogP contribution in [0.4, 0.5) is 5.13 Å². The molecule has 1 aromatic carbocycles. The maximum atomic E-state index is 12.0. The zero-order valence-corrected chi connectivity index (χ0v) is 14.6. The number of anilines is 1. The van der Waals surface area contributed by atoms with Crippen LogP contribution in [0.15, 0.2) is 30.5 Å². The van der Waals surface area contributed by atoms with Crippen molar-refractivity contribution in [2.45, 2.75) is 38.2 Å². The number of methoxy groups -OCH3 is 1. The Morgan fingerprint density at radius 1 is 1.50 bits per heavy atom. The van der Waals surface area contributed by atoms with Crippen LogP contribution < -0.4 is 10.1 Å². The molecule has 1 aromatic heterocycles. The molecular weight excluding hydrogens is 324 g/mol. The van der Waals surface area contributed by atoms with E-state index in [-0.39, 0.29) is 12.0 Å². The fourth-order valence-corrected chi connectivity index (χ4v) is 3.64. The van der Waals surface area contributed by atoms with Crippen LogP contribution in [0, 0.1) is 0 Å². The Balaban J connectivity index is 1.50. The molecule has 0 spiro atoms. The first-order valence-electron chi connectivity index (χ1n) is 8.22. The van der Waals surface area contributed by atoms with Crippen LogP contribution in [-0.2, 0) is 16.0 Å². The SMILES string of the molecule is COc1cccc(Cc2cnc(NC(=O)CC[C@H]3CCCO3)s2)c1. The summed E-state index contributed by atoms with van der Waals surface area (Å²) in [4.78, 5) is 17.4. The number of carbonyl (C=O) groups is 1. The number of nitrogens with one attached hydrogen (secondary N) is 1. The van der Waals surface area contributed by atoms with Gasteiger partial charge in [0.05, 0.1) is 13.2 Å². The summed E-state index contributed by atoms with van der Waals surface area (Å²) in [5.74, 6) is 0.854. The molecule has 24 heavy (non-hydrogen) atoms. The molecule has 1 amide bonds. The number of nitrogens with zero attached hydrogens (tertiary/aromatic N) is 1. The maximum Gasteiger partial charge on any atom is 0.226 e. The minimum absolute atomic E-state index is 0.00720. The standard InChI is InChI=1S/C18H22N2O3S/c1-22-15-5-2-4-13(10-15)11-16-12-19-18(24-16)20-17(21)8-7-14-6-3-9-23-14/h2,4-5,10,12,14H,3,6-9,11H2,1H3,(H,19,20,21)/t14-/m1/s1. The van der Waals surface area contributed by atoms with E-state index in [0.29, 0.717) is 11.6 Å². The summed E-state index contributed by atoms with van der Waals surface area (Å²) in [6.07, 6.45) is 6.28. The Kier molecular flexibility index (Phi) is 5.82. The average Bonchev–Trinajstić information content (AvgIpc) is 3.25. The molecule has 0 saturated carbocycles. The lowest BCUT2D eigenvalue weighted by atomic mass is 10.1. The minimum atomic E-state index is 0.00720. The topological polar surface area (TPSA) is 60.5 Å². The van der Waals surface area contributed by atoms with Crippen LogP contribution in [0.2, 0.25) is 0 Å². The van der Waals surface area contributed by atoms with Crippen molar-refractivity contribution in [3.63, 3.8) is 0 Å². The second-order valence-electron chi connectivity index (χ2n) is 5.88. The van der Waals surface area contributed by atoms with E-state index in [1.807, 2.05) is 24.4 Å². The molecule has 6 heteroatoms. The highest BCUT2D eigenvalue weighted by molar-refractivity contribution is 7.15. The van der Waals surface area contributed by atoms with Crippen molar-refractivity contribution in [3.05, 3.63) is 40.9 Å². The smallest absolute Gasteiger partial charge is 0.226 e. The molecule has 3 rings (SSSR count). The fraction of sp³-hybridized carbons (Fsp3) is 0.444. The molecule has 0 aliphatic carbocycles. The monoisotopic (exact) mass is 346 g/mol. The number of carbonyl (C=O) groups excluding carboxylic acids is 1. The molecule has 1 atom stereocenters. The molecule has 0 bridgehead atoms. The van der Waals surface area contributed by atoms with Crippen LogP contribution in [0.5, 0.6) is 5.75 Å². The van der Waals surface area contributed by atoms with E-state index in [1.54, 1.807) is 7.11 Å². The number of amides is 1. The average molecular weight is 346 g/mol. The molecule has 0 unspecified atom stereocenters. The number of rotatable bonds is 7. The second kappa shape index (κ2) is 8.26.